The molecular formula is C14H12ClN3O3. The van der Waals surface area contributed by atoms with Gasteiger partial charge in [-0.25, -0.2) is 0 Å². The molecule has 1 aromatic heterocycles. The van der Waals surface area contributed by atoms with Crippen LogP contribution in [0.3, 0.4) is 0 Å². The van der Waals surface area contributed by atoms with Gasteiger partial charge in [-0.1, -0.05) is 11.6 Å². The maximum absolute atomic E-state index is 12.1. The summed E-state index contributed by atoms with van der Waals surface area (Å²) in [6.45, 7) is 3.41. The molecule has 0 aliphatic rings. The van der Waals surface area contributed by atoms with Gasteiger partial charge in [0.15, 0.2) is 0 Å². The van der Waals surface area contributed by atoms with Crippen LogP contribution >= 0.6 is 11.6 Å². The quantitative estimate of drug-likeness (QED) is 0.694. The Morgan fingerprint density at radius 3 is 2.67 bits per heavy atom. The molecule has 2 rings (SSSR count). The van der Waals surface area contributed by atoms with Gasteiger partial charge >= 0.3 is 0 Å². The number of aromatic nitrogens is 1. The number of benzene rings is 1. The maximum atomic E-state index is 12.1. The number of carbonyl (C=O) groups excluding carboxylic acids is 1. The maximum Gasteiger partial charge on any atom is 0.274 e. The molecule has 0 saturated heterocycles. The van der Waals surface area contributed by atoms with E-state index in [0.29, 0.717) is 11.3 Å². The normalized spacial score (nSPS) is 10.2. The average Bonchev–Trinajstić information content (AvgIpc) is 2.41. The zero-order chi connectivity index (χ0) is 15.6. The summed E-state index contributed by atoms with van der Waals surface area (Å²) >= 11 is 5.92. The number of nitro benzene ring substituents is 1. The van der Waals surface area contributed by atoms with Crippen molar-refractivity contribution in [1.29, 1.82) is 0 Å². The lowest BCUT2D eigenvalue weighted by Gasteiger charge is -2.10. The van der Waals surface area contributed by atoms with E-state index in [9.17, 15) is 14.9 Å². The fourth-order valence-electron chi connectivity index (χ4n) is 1.91. The number of hydrogen-bond acceptors (Lipinski definition) is 4. The van der Waals surface area contributed by atoms with Crippen molar-refractivity contribution >= 4 is 28.9 Å². The molecule has 6 nitrogen and oxygen atoms in total. The van der Waals surface area contributed by atoms with Crippen molar-refractivity contribution < 1.29 is 9.72 Å². The highest BCUT2D eigenvalue weighted by Gasteiger charge is 2.17. The van der Waals surface area contributed by atoms with E-state index in [1.165, 1.54) is 24.5 Å². The van der Waals surface area contributed by atoms with Crippen LogP contribution in [-0.2, 0) is 0 Å². The van der Waals surface area contributed by atoms with Gasteiger partial charge in [0.05, 0.1) is 21.2 Å². The van der Waals surface area contributed by atoms with Gasteiger partial charge in [0.1, 0.15) is 0 Å². The van der Waals surface area contributed by atoms with E-state index in [1.807, 2.05) is 0 Å². The molecule has 0 unspecified atom stereocenters. The molecule has 7 heteroatoms. The smallest absolute Gasteiger partial charge is 0.274 e. The molecule has 21 heavy (non-hydrogen) atoms. The first-order valence-corrected chi connectivity index (χ1v) is 6.44. The van der Waals surface area contributed by atoms with E-state index in [-0.39, 0.29) is 16.3 Å². The van der Waals surface area contributed by atoms with Crippen molar-refractivity contribution in [3.63, 3.8) is 0 Å². The predicted octanol–water partition coefficient (Wildman–Crippen LogP) is 3.51. The third-order valence-electron chi connectivity index (χ3n) is 3.00. The Labute approximate surface area is 125 Å². The third kappa shape index (κ3) is 3.17. The summed E-state index contributed by atoms with van der Waals surface area (Å²) in [7, 11) is 0. The zero-order valence-corrected chi connectivity index (χ0v) is 12.1. The summed E-state index contributed by atoms with van der Waals surface area (Å²) in [4.78, 5) is 26.5. The van der Waals surface area contributed by atoms with Crippen molar-refractivity contribution in [2.75, 3.05) is 5.32 Å². The molecule has 1 aromatic carbocycles. The van der Waals surface area contributed by atoms with Crippen molar-refractivity contribution in [2.24, 2.45) is 0 Å². The minimum atomic E-state index is -0.485. The van der Waals surface area contributed by atoms with Crippen LogP contribution in [0.15, 0.2) is 30.6 Å². The minimum absolute atomic E-state index is 0.0480. The van der Waals surface area contributed by atoms with Crippen LogP contribution in [0.2, 0.25) is 5.02 Å². The summed E-state index contributed by atoms with van der Waals surface area (Å²) < 4.78 is 0. The number of anilines is 1. The Morgan fingerprint density at radius 1 is 1.33 bits per heavy atom. The highest BCUT2D eigenvalue weighted by atomic mass is 35.5. The predicted molar refractivity (Wildman–Crippen MR) is 79.8 cm³/mol. The third-order valence-corrected chi connectivity index (χ3v) is 3.33. The van der Waals surface area contributed by atoms with Crippen LogP contribution in [0.25, 0.3) is 0 Å². The Hall–Kier alpha value is -2.47. The minimum Gasteiger partial charge on any atom is -0.321 e. The van der Waals surface area contributed by atoms with Crippen molar-refractivity contribution in [2.45, 2.75) is 13.8 Å². The molecule has 1 heterocycles. The van der Waals surface area contributed by atoms with E-state index in [4.69, 9.17) is 11.6 Å². The molecule has 108 valence electrons. The van der Waals surface area contributed by atoms with Gasteiger partial charge in [-0.05, 0) is 31.5 Å². The number of amides is 1. The summed E-state index contributed by atoms with van der Waals surface area (Å²) in [5, 5.41) is 13.8. The zero-order valence-electron chi connectivity index (χ0n) is 11.4. The van der Waals surface area contributed by atoms with E-state index in [0.717, 1.165) is 5.56 Å². The van der Waals surface area contributed by atoms with Crippen LogP contribution in [-0.4, -0.2) is 15.8 Å². The SMILES string of the molecule is Cc1cc(C)c([N+](=O)[O-])cc1NC(=O)c1cnccc1Cl. The van der Waals surface area contributed by atoms with Gasteiger partial charge in [0.2, 0.25) is 0 Å². The number of halogens is 1. The summed E-state index contributed by atoms with van der Waals surface area (Å²) in [5.41, 5.74) is 1.80. The Kier molecular flexibility index (Phi) is 4.18. The molecule has 2 aromatic rings. The number of hydrogen-bond donors (Lipinski definition) is 1. The molecule has 0 fully saturated rings. The first-order valence-electron chi connectivity index (χ1n) is 6.06. The number of nitrogens with zero attached hydrogens (tertiary/aromatic N) is 2. The Bertz CT molecular complexity index is 731. The second kappa shape index (κ2) is 5.88. The summed E-state index contributed by atoms with van der Waals surface area (Å²) in [5.74, 6) is -0.464. The van der Waals surface area contributed by atoms with Crippen LogP contribution in [0.1, 0.15) is 21.5 Å². The van der Waals surface area contributed by atoms with E-state index < -0.39 is 10.8 Å². The lowest BCUT2D eigenvalue weighted by atomic mass is 10.1. The summed E-state index contributed by atoms with van der Waals surface area (Å²) in [6, 6.07) is 4.49. The van der Waals surface area contributed by atoms with Crippen LogP contribution < -0.4 is 5.32 Å². The largest absolute Gasteiger partial charge is 0.321 e. The fourth-order valence-corrected chi connectivity index (χ4v) is 2.10. The molecule has 0 radical (unpaired) electrons. The molecule has 0 atom stereocenters. The molecule has 0 spiro atoms. The molecule has 1 amide bonds. The number of pyridine rings is 1. The number of aryl methyl sites for hydroxylation is 2. The Morgan fingerprint density at radius 2 is 2.05 bits per heavy atom. The first kappa shape index (κ1) is 14.9. The van der Waals surface area contributed by atoms with Crippen LogP contribution in [0.5, 0.6) is 0 Å². The Balaban J connectivity index is 2.36. The molecule has 0 saturated carbocycles. The van der Waals surface area contributed by atoms with Gasteiger partial charge in [-0.2, -0.15) is 0 Å². The highest BCUT2D eigenvalue weighted by molar-refractivity contribution is 6.34. The fraction of sp³-hybridized carbons (Fsp3) is 0.143. The van der Waals surface area contributed by atoms with Gasteiger partial charge in [0.25, 0.3) is 11.6 Å². The van der Waals surface area contributed by atoms with Crippen LogP contribution in [0.4, 0.5) is 11.4 Å². The first-order chi connectivity index (χ1) is 9.90. The molecular weight excluding hydrogens is 294 g/mol. The van der Waals surface area contributed by atoms with Gasteiger partial charge in [0, 0.05) is 24.0 Å². The topological polar surface area (TPSA) is 85.1 Å². The molecule has 1 N–H and O–H groups in total. The number of nitrogens with one attached hydrogen (secondary N) is 1. The van der Waals surface area contributed by atoms with Crippen molar-refractivity contribution in [3.8, 4) is 0 Å². The monoisotopic (exact) mass is 305 g/mol. The van der Waals surface area contributed by atoms with E-state index in [1.54, 1.807) is 19.9 Å². The lowest BCUT2D eigenvalue weighted by molar-refractivity contribution is -0.385. The standard InChI is InChI=1S/C14H12ClN3O3/c1-8-5-9(2)13(18(20)21)6-12(8)17-14(19)10-7-16-4-3-11(10)15/h3-7H,1-2H3,(H,17,19). The number of carbonyl (C=O) groups is 1. The molecule has 0 aliphatic heterocycles. The number of rotatable bonds is 3. The number of nitro groups is 1. The van der Waals surface area contributed by atoms with Crippen LogP contribution in [0, 0.1) is 24.0 Å². The molecule has 0 bridgehead atoms. The lowest BCUT2D eigenvalue weighted by Crippen LogP contribution is -2.14. The summed E-state index contributed by atoms with van der Waals surface area (Å²) in [6.07, 6.45) is 2.82. The highest BCUT2D eigenvalue weighted by Crippen LogP contribution is 2.27. The van der Waals surface area contributed by atoms with Crippen molar-refractivity contribution in [1.82, 2.24) is 4.98 Å². The van der Waals surface area contributed by atoms with E-state index >= 15 is 0 Å². The average molecular weight is 306 g/mol. The second-order valence-electron chi connectivity index (χ2n) is 4.52. The van der Waals surface area contributed by atoms with Crippen molar-refractivity contribution in [3.05, 3.63) is 62.4 Å². The van der Waals surface area contributed by atoms with Gasteiger partial charge in [-0.15, -0.1) is 0 Å². The van der Waals surface area contributed by atoms with Gasteiger partial charge in [-0.3, -0.25) is 19.9 Å². The second-order valence-corrected chi connectivity index (χ2v) is 4.93. The molecule has 0 aliphatic carbocycles. The van der Waals surface area contributed by atoms with Gasteiger partial charge < -0.3 is 5.32 Å². The van der Waals surface area contributed by atoms with E-state index in [2.05, 4.69) is 10.3 Å².